The molecule has 3 rings (SSSR count). The van der Waals surface area contributed by atoms with Crippen molar-refractivity contribution >= 4 is 11.3 Å². The quantitative estimate of drug-likeness (QED) is 0.881. The number of thiazole rings is 1. The predicted octanol–water partition coefficient (Wildman–Crippen LogP) is 2.83. The van der Waals surface area contributed by atoms with E-state index in [9.17, 15) is 5.11 Å². The van der Waals surface area contributed by atoms with Crippen molar-refractivity contribution < 1.29 is 9.84 Å². The van der Waals surface area contributed by atoms with Crippen molar-refractivity contribution in [2.75, 3.05) is 6.61 Å². The molecule has 4 heteroatoms. The van der Waals surface area contributed by atoms with Gasteiger partial charge in [0.1, 0.15) is 11.1 Å². The van der Waals surface area contributed by atoms with Gasteiger partial charge in [-0.1, -0.05) is 0 Å². The molecule has 0 bridgehead atoms. The van der Waals surface area contributed by atoms with Gasteiger partial charge in [-0.15, -0.1) is 11.3 Å². The number of rotatable bonds is 2. The van der Waals surface area contributed by atoms with Gasteiger partial charge in [-0.25, -0.2) is 4.98 Å². The number of aliphatic hydroxyl groups excluding tert-OH is 1. The second-order valence-electron chi connectivity index (χ2n) is 5.41. The van der Waals surface area contributed by atoms with Crippen LogP contribution in [0.4, 0.5) is 0 Å². The third-order valence-electron chi connectivity index (χ3n) is 4.13. The number of hydrogen-bond acceptors (Lipinski definition) is 4. The summed E-state index contributed by atoms with van der Waals surface area (Å²) >= 11 is 1.58. The van der Waals surface area contributed by atoms with Gasteiger partial charge in [-0.2, -0.15) is 0 Å². The Morgan fingerprint density at radius 1 is 1.59 bits per heavy atom. The number of aromatic nitrogens is 1. The first kappa shape index (κ1) is 11.6. The molecule has 1 aromatic heterocycles. The van der Waals surface area contributed by atoms with Gasteiger partial charge in [-0.3, -0.25) is 0 Å². The van der Waals surface area contributed by atoms with Gasteiger partial charge < -0.3 is 9.84 Å². The van der Waals surface area contributed by atoms with Crippen molar-refractivity contribution in [3.05, 3.63) is 16.1 Å². The fraction of sp³-hybridized carbons (Fsp3) is 0.769. The molecule has 2 heterocycles. The number of aliphatic hydroxyl groups is 1. The Morgan fingerprint density at radius 2 is 2.41 bits per heavy atom. The van der Waals surface area contributed by atoms with Crippen LogP contribution in [-0.4, -0.2) is 22.3 Å². The highest BCUT2D eigenvalue weighted by molar-refractivity contribution is 7.09. The Bertz CT molecular complexity index is 400. The largest absolute Gasteiger partial charge is 0.386 e. The first-order valence-electron chi connectivity index (χ1n) is 6.43. The summed E-state index contributed by atoms with van der Waals surface area (Å²) in [6.07, 6.45) is 5.20. The molecule has 1 aliphatic heterocycles. The molecule has 17 heavy (non-hydrogen) atoms. The van der Waals surface area contributed by atoms with Gasteiger partial charge in [0, 0.05) is 17.7 Å². The Morgan fingerprint density at radius 3 is 3.00 bits per heavy atom. The summed E-state index contributed by atoms with van der Waals surface area (Å²) in [7, 11) is 0. The van der Waals surface area contributed by atoms with Crippen LogP contribution in [0.1, 0.15) is 48.9 Å². The molecule has 2 aliphatic rings. The topological polar surface area (TPSA) is 42.4 Å². The van der Waals surface area contributed by atoms with Crippen LogP contribution in [0.3, 0.4) is 0 Å². The van der Waals surface area contributed by atoms with E-state index in [1.165, 1.54) is 19.3 Å². The number of nitrogens with zero attached hydrogens (tertiary/aromatic N) is 1. The van der Waals surface area contributed by atoms with E-state index in [1.807, 2.05) is 12.3 Å². The number of ether oxygens (including phenoxy) is 1. The lowest BCUT2D eigenvalue weighted by Crippen LogP contribution is -2.46. The zero-order chi connectivity index (χ0) is 11.9. The monoisotopic (exact) mass is 253 g/mol. The molecule has 1 N–H and O–H groups in total. The maximum absolute atomic E-state index is 10.4. The van der Waals surface area contributed by atoms with Gasteiger partial charge in [0.25, 0.3) is 0 Å². The molecule has 0 amide bonds. The third-order valence-corrected chi connectivity index (χ3v) is 5.17. The van der Waals surface area contributed by atoms with E-state index in [1.54, 1.807) is 11.3 Å². The highest BCUT2D eigenvalue weighted by atomic mass is 32.1. The minimum atomic E-state index is -0.393. The van der Waals surface area contributed by atoms with Crippen LogP contribution in [0.5, 0.6) is 0 Å². The van der Waals surface area contributed by atoms with Crippen LogP contribution < -0.4 is 0 Å². The van der Waals surface area contributed by atoms with E-state index in [0.29, 0.717) is 5.92 Å². The normalized spacial score (nSPS) is 28.9. The summed E-state index contributed by atoms with van der Waals surface area (Å²) in [6.45, 7) is 2.77. The van der Waals surface area contributed by atoms with Gasteiger partial charge >= 0.3 is 0 Å². The second kappa shape index (κ2) is 4.34. The molecule has 0 aromatic carbocycles. The first-order chi connectivity index (χ1) is 8.19. The van der Waals surface area contributed by atoms with E-state index < -0.39 is 6.10 Å². The van der Waals surface area contributed by atoms with Gasteiger partial charge in [0.2, 0.25) is 0 Å². The van der Waals surface area contributed by atoms with Crippen molar-refractivity contribution in [1.82, 2.24) is 4.98 Å². The van der Waals surface area contributed by atoms with E-state index in [4.69, 9.17) is 4.74 Å². The molecule has 1 aliphatic carbocycles. The van der Waals surface area contributed by atoms with Gasteiger partial charge in [0.15, 0.2) is 0 Å². The predicted molar refractivity (Wildman–Crippen MR) is 67.1 cm³/mol. The smallest absolute Gasteiger partial charge is 0.122 e. The highest BCUT2D eigenvalue weighted by Crippen LogP contribution is 2.47. The zero-order valence-electron chi connectivity index (χ0n) is 10.2. The van der Waals surface area contributed by atoms with Crippen LogP contribution in [0.2, 0.25) is 0 Å². The van der Waals surface area contributed by atoms with Crippen LogP contribution >= 0.6 is 11.3 Å². The number of hydrogen-bond donors (Lipinski definition) is 1. The van der Waals surface area contributed by atoms with Crippen molar-refractivity contribution in [2.45, 2.75) is 50.7 Å². The van der Waals surface area contributed by atoms with E-state index in [2.05, 4.69) is 4.98 Å². The summed E-state index contributed by atoms with van der Waals surface area (Å²) in [5.74, 6) is 0.328. The van der Waals surface area contributed by atoms with Crippen molar-refractivity contribution in [3.8, 4) is 0 Å². The molecule has 3 nitrogen and oxygen atoms in total. The SMILES string of the molecule is Cc1csc(C(O)C2CCOC3(CCC3)C2)n1. The maximum atomic E-state index is 10.4. The Hall–Kier alpha value is -0.450. The molecule has 94 valence electrons. The van der Waals surface area contributed by atoms with Crippen molar-refractivity contribution in [1.29, 1.82) is 0 Å². The van der Waals surface area contributed by atoms with Crippen LogP contribution in [0, 0.1) is 12.8 Å². The standard InChI is InChI=1S/C13H19NO2S/c1-9-8-17-12(14-9)11(15)10-3-6-16-13(7-10)4-2-5-13/h8,10-11,15H,2-7H2,1H3. The summed E-state index contributed by atoms with van der Waals surface area (Å²) in [6, 6.07) is 0. The van der Waals surface area contributed by atoms with Crippen LogP contribution in [-0.2, 0) is 4.74 Å². The van der Waals surface area contributed by atoms with Crippen LogP contribution in [0.15, 0.2) is 5.38 Å². The summed E-state index contributed by atoms with van der Waals surface area (Å²) in [5.41, 5.74) is 1.12. The molecular weight excluding hydrogens is 234 g/mol. The summed E-state index contributed by atoms with van der Waals surface area (Å²) in [4.78, 5) is 4.41. The molecule has 2 fully saturated rings. The number of aryl methyl sites for hydroxylation is 1. The fourth-order valence-electron chi connectivity index (χ4n) is 2.96. The summed E-state index contributed by atoms with van der Waals surface area (Å²) in [5, 5.41) is 13.3. The van der Waals surface area contributed by atoms with E-state index >= 15 is 0 Å². The molecule has 1 saturated heterocycles. The van der Waals surface area contributed by atoms with E-state index in [0.717, 1.165) is 30.2 Å². The molecule has 2 unspecified atom stereocenters. The Kier molecular flexibility index (Phi) is 2.97. The molecule has 0 radical (unpaired) electrons. The molecule has 1 spiro atoms. The Labute approximate surface area is 106 Å². The van der Waals surface area contributed by atoms with Crippen molar-refractivity contribution in [3.63, 3.8) is 0 Å². The minimum absolute atomic E-state index is 0.107. The molecule has 1 saturated carbocycles. The lowest BCUT2D eigenvalue weighted by molar-refractivity contribution is -0.157. The molecule has 2 atom stereocenters. The first-order valence-corrected chi connectivity index (χ1v) is 7.31. The lowest BCUT2D eigenvalue weighted by Gasteiger charge is -2.47. The average Bonchev–Trinajstić information content (AvgIpc) is 2.73. The molecule has 1 aromatic rings. The van der Waals surface area contributed by atoms with Gasteiger partial charge in [0.05, 0.1) is 5.60 Å². The van der Waals surface area contributed by atoms with Gasteiger partial charge in [-0.05, 0) is 44.9 Å². The van der Waals surface area contributed by atoms with Crippen molar-refractivity contribution in [2.24, 2.45) is 5.92 Å². The second-order valence-corrected chi connectivity index (χ2v) is 6.30. The summed E-state index contributed by atoms with van der Waals surface area (Å²) < 4.78 is 5.89. The minimum Gasteiger partial charge on any atom is -0.386 e. The maximum Gasteiger partial charge on any atom is 0.122 e. The fourth-order valence-corrected chi connectivity index (χ4v) is 3.84. The third kappa shape index (κ3) is 2.14. The zero-order valence-corrected chi connectivity index (χ0v) is 11.0. The van der Waals surface area contributed by atoms with E-state index in [-0.39, 0.29) is 5.60 Å². The highest BCUT2D eigenvalue weighted by Gasteiger charge is 2.44. The van der Waals surface area contributed by atoms with Crippen LogP contribution in [0.25, 0.3) is 0 Å². The average molecular weight is 253 g/mol. The Balaban J connectivity index is 1.71. The molecular formula is C13H19NO2S. The lowest BCUT2D eigenvalue weighted by atomic mass is 9.71.